The van der Waals surface area contributed by atoms with Crippen LogP contribution in [0, 0.1) is 5.41 Å². The fourth-order valence-electron chi connectivity index (χ4n) is 4.47. The molecule has 0 saturated carbocycles. The van der Waals surface area contributed by atoms with Crippen molar-refractivity contribution < 1.29 is 9.59 Å². The zero-order chi connectivity index (χ0) is 20.3. The van der Waals surface area contributed by atoms with Crippen molar-refractivity contribution >= 4 is 28.4 Å². The highest BCUT2D eigenvalue weighted by Crippen LogP contribution is 2.42. The number of carbonyl (C=O) groups excluding carboxylic acids is 2. The predicted octanol–water partition coefficient (Wildman–Crippen LogP) is 4.00. The number of hydrogen-bond donors (Lipinski definition) is 0. The molecule has 2 bridgehead atoms. The van der Waals surface area contributed by atoms with E-state index in [-0.39, 0.29) is 17.2 Å². The van der Waals surface area contributed by atoms with Crippen molar-refractivity contribution in [2.24, 2.45) is 5.41 Å². The highest BCUT2D eigenvalue weighted by Gasteiger charge is 2.36. The molecule has 5 nitrogen and oxygen atoms in total. The Hall–Kier alpha value is -3.08. The SMILES string of the molecule is CC(C)(C)C(=O)N1CCN(c2ccc(-c3c4c5ccccc5n3C4=O)cc2)CC1. The van der Waals surface area contributed by atoms with Gasteiger partial charge in [-0.1, -0.05) is 51.1 Å². The Morgan fingerprint density at radius 2 is 1.55 bits per heavy atom. The molecule has 1 amide bonds. The third-order valence-electron chi connectivity index (χ3n) is 6.01. The molecule has 0 radical (unpaired) electrons. The maximum Gasteiger partial charge on any atom is 0.265 e. The molecule has 3 heterocycles. The zero-order valence-corrected chi connectivity index (χ0v) is 17.1. The van der Waals surface area contributed by atoms with E-state index in [9.17, 15) is 9.59 Å². The van der Waals surface area contributed by atoms with E-state index in [1.165, 1.54) is 0 Å². The molecule has 3 aromatic rings. The Morgan fingerprint density at radius 1 is 0.897 bits per heavy atom. The first-order valence-electron chi connectivity index (χ1n) is 10.2. The summed E-state index contributed by atoms with van der Waals surface area (Å²) in [5.41, 5.74) is 4.75. The molecular formula is C24H25N3O2. The number of nitrogens with zero attached hydrogens (tertiary/aromatic N) is 3. The second-order valence-electron chi connectivity index (χ2n) is 8.96. The number of carbonyl (C=O) groups is 2. The van der Waals surface area contributed by atoms with Crippen molar-refractivity contribution in [1.29, 1.82) is 0 Å². The van der Waals surface area contributed by atoms with Gasteiger partial charge in [0, 0.05) is 42.7 Å². The van der Waals surface area contributed by atoms with E-state index in [0.717, 1.165) is 59.6 Å². The number of para-hydroxylation sites is 1. The first kappa shape index (κ1) is 18.0. The smallest absolute Gasteiger partial charge is 0.265 e. The van der Waals surface area contributed by atoms with Gasteiger partial charge in [-0.3, -0.25) is 14.2 Å². The summed E-state index contributed by atoms with van der Waals surface area (Å²) in [5, 5.41) is 1.04. The van der Waals surface area contributed by atoms with E-state index >= 15 is 0 Å². The van der Waals surface area contributed by atoms with Gasteiger partial charge >= 0.3 is 0 Å². The minimum absolute atomic E-state index is 0.102. The lowest BCUT2D eigenvalue weighted by atomic mass is 9.94. The third-order valence-corrected chi connectivity index (χ3v) is 6.01. The normalized spacial score (nSPS) is 16.3. The molecule has 0 atom stereocenters. The average Bonchev–Trinajstić information content (AvgIpc) is 3.22. The van der Waals surface area contributed by atoms with Crippen LogP contribution in [0.4, 0.5) is 5.69 Å². The number of fused-ring (bicyclic) bond motifs is 5. The largest absolute Gasteiger partial charge is 0.368 e. The van der Waals surface area contributed by atoms with Crippen LogP contribution >= 0.6 is 0 Å². The standard InChI is InChI=1S/C24H25N3O2/c1-24(2,3)23(29)26-14-12-25(13-15-26)17-10-8-16(9-11-17)21-20-18-6-4-5-7-19(18)27(21)22(20)28/h4-11H,12-15H2,1-3H3. The highest BCUT2D eigenvalue weighted by atomic mass is 16.2. The molecule has 2 aliphatic rings. The summed E-state index contributed by atoms with van der Waals surface area (Å²) >= 11 is 0. The summed E-state index contributed by atoms with van der Waals surface area (Å²) in [7, 11) is 0. The van der Waals surface area contributed by atoms with Crippen LogP contribution in [-0.4, -0.2) is 47.5 Å². The van der Waals surface area contributed by atoms with Crippen LogP contribution in [0.1, 0.15) is 31.1 Å². The Kier molecular flexibility index (Phi) is 3.85. The van der Waals surface area contributed by atoms with Crippen LogP contribution in [0.3, 0.4) is 0 Å². The minimum atomic E-state index is -0.328. The van der Waals surface area contributed by atoms with Crippen molar-refractivity contribution in [2.45, 2.75) is 20.8 Å². The molecule has 148 valence electrons. The molecule has 0 N–H and O–H groups in total. The van der Waals surface area contributed by atoms with Gasteiger partial charge in [-0.15, -0.1) is 0 Å². The summed E-state index contributed by atoms with van der Waals surface area (Å²) in [6.07, 6.45) is 0. The lowest BCUT2D eigenvalue weighted by molar-refractivity contribution is -0.139. The van der Waals surface area contributed by atoms with Crippen LogP contribution in [0.25, 0.3) is 22.2 Å². The summed E-state index contributed by atoms with van der Waals surface area (Å²) in [6, 6.07) is 16.4. The fraction of sp³-hybridized carbons (Fsp3) is 0.333. The van der Waals surface area contributed by atoms with E-state index in [4.69, 9.17) is 0 Å². The number of rotatable bonds is 2. The van der Waals surface area contributed by atoms with E-state index < -0.39 is 0 Å². The fourth-order valence-corrected chi connectivity index (χ4v) is 4.47. The molecule has 1 fully saturated rings. The zero-order valence-electron chi connectivity index (χ0n) is 17.1. The number of piperazine rings is 1. The highest BCUT2D eigenvalue weighted by molar-refractivity contribution is 6.26. The topological polar surface area (TPSA) is 45.6 Å². The molecule has 0 unspecified atom stereocenters. The van der Waals surface area contributed by atoms with E-state index in [1.54, 1.807) is 0 Å². The van der Waals surface area contributed by atoms with Crippen LogP contribution in [0.2, 0.25) is 0 Å². The van der Waals surface area contributed by atoms with Crippen molar-refractivity contribution in [2.75, 3.05) is 31.1 Å². The second kappa shape index (κ2) is 6.21. The average molecular weight is 387 g/mol. The Bertz CT molecular complexity index is 1080. The van der Waals surface area contributed by atoms with Crippen molar-refractivity contribution in [3.8, 4) is 11.3 Å². The van der Waals surface area contributed by atoms with Crippen LogP contribution < -0.4 is 4.90 Å². The molecule has 5 heteroatoms. The summed E-state index contributed by atoms with van der Waals surface area (Å²) in [6.45, 7) is 9.11. The third kappa shape index (κ3) is 2.68. The maximum absolute atomic E-state index is 12.5. The number of anilines is 1. The van der Waals surface area contributed by atoms with Gasteiger partial charge in [0.25, 0.3) is 5.91 Å². The van der Waals surface area contributed by atoms with Gasteiger partial charge < -0.3 is 9.80 Å². The van der Waals surface area contributed by atoms with Gasteiger partial charge in [0.2, 0.25) is 5.91 Å². The van der Waals surface area contributed by atoms with Gasteiger partial charge in [-0.25, -0.2) is 0 Å². The first-order chi connectivity index (χ1) is 13.9. The first-order valence-corrected chi connectivity index (χ1v) is 10.2. The molecule has 29 heavy (non-hydrogen) atoms. The maximum atomic E-state index is 12.5. The van der Waals surface area contributed by atoms with E-state index in [1.807, 2.05) is 54.5 Å². The molecule has 2 aromatic carbocycles. The Labute approximate surface area is 170 Å². The second-order valence-corrected chi connectivity index (χ2v) is 8.96. The minimum Gasteiger partial charge on any atom is -0.368 e. The monoisotopic (exact) mass is 387 g/mol. The summed E-state index contributed by atoms with van der Waals surface area (Å²) in [5.74, 6) is 0.324. The lowest BCUT2D eigenvalue weighted by Crippen LogP contribution is -2.51. The Morgan fingerprint density at radius 3 is 2.17 bits per heavy atom. The number of hydrogen-bond acceptors (Lipinski definition) is 3. The number of benzene rings is 2. The van der Waals surface area contributed by atoms with E-state index in [2.05, 4.69) is 29.2 Å². The molecule has 1 saturated heterocycles. The van der Waals surface area contributed by atoms with Crippen molar-refractivity contribution in [1.82, 2.24) is 9.47 Å². The molecular weight excluding hydrogens is 362 g/mol. The van der Waals surface area contributed by atoms with Gasteiger partial charge in [0.15, 0.2) is 0 Å². The van der Waals surface area contributed by atoms with Crippen LogP contribution in [0.5, 0.6) is 0 Å². The number of amides is 1. The van der Waals surface area contributed by atoms with E-state index in [0.29, 0.717) is 0 Å². The quantitative estimate of drug-likeness (QED) is 0.522. The van der Waals surface area contributed by atoms with Crippen molar-refractivity contribution in [3.63, 3.8) is 0 Å². The van der Waals surface area contributed by atoms with Crippen LogP contribution in [-0.2, 0) is 4.79 Å². The molecule has 1 aromatic heterocycles. The predicted molar refractivity (Wildman–Crippen MR) is 115 cm³/mol. The molecule has 2 aliphatic heterocycles. The van der Waals surface area contributed by atoms with Gasteiger partial charge in [0.1, 0.15) is 0 Å². The van der Waals surface area contributed by atoms with Gasteiger partial charge in [-0.2, -0.15) is 0 Å². The van der Waals surface area contributed by atoms with Crippen LogP contribution in [0.15, 0.2) is 48.5 Å². The van der Waals surface area contributed by atoms with Gasteiger partial charge in [0.05, 0.1) is 16.8 Å². The summed E-state index contributed by atoms with van der Waals surface area (Å²) < 4.78 is 1.82. The summed E-state index contributed by atoms with van der Waals surface area (Å²) in [4.78, 5) is 29.1. The van der Waals surface area contributed by atoms with Gasteiger partial charge in [-0.05, 0) is 23.8 Å². The Balaban J connectivity index is 1.34. The lowest BCUT2D eigenvalue weighted by Gasteiger charge is -2.38. The molecule has 0 aliphatic carbocycles. The molecule has 0 spiro atoms. The number of aromatic nitrogens is 1. The molecule has 5 rings (SSSR count). The van der Waals surface area contributed by atoms with Crippen molar-refractivity contribution in [3.05, 3.63) is 54.1 Å².